The van der Waals surface area contributed by atoms with Crippen molar-refractivity contribution < 1.29 is 4.79 Å². The van der Waals surface area contributed by atoms with Crippen molar-refractivity contribution in [3.8, 4) is 5.69 Å². The number of benzene rings is 1. The van der Waals surface area contributed by atoms with Crippen molar-refractivity contribution in [1.82, 2.24) is 9.99 Å². The summed E-state index contributed by atoms with van der Waals surface area (Å²) in [7, 11) is 0. The summed E-state index contributed by atoms with van der Waals surface area (Å²) in [4.78, 5) is 12.4. The minimum Gasteiger partial charge on any atom is -0.318 e. The first kappa shape index (κ1) is 14.6. The molecular weight excluding hydrogens is 274 g/mol. The Morgan fingerprint density at radius 3 is 2.50 bits per heavy atom. The first-order chi connectivity index (χ1) is 10.7. The van der Waals surface area contributed by atoms with Gasteiger partial charge in [-0.15, -0.1) is 0 Å². The molecule has 1 aliphatic carbocycles. The SMILES string of the molecule is Cc1cc(C(=O)NN=C2CCCC2)c(C)n1-c1ccccc1. The predicted molar refractivity (Wildman–Crippen MR) is 88.6 cm³/mol. The molecule has 3 rings (SSSR count). The number of aromatic nitrogens is 1. The zero-order valence-electron chi connectivity index (χ0n) is 13.1. The third-order valence-corrected chi connectivity index (χ3v) is 4.19. The van der Waals surface area contributed by atoms with Crippen LogP contribution < -0.4 is 5.43 Å². The van der Waals surface area contributed by atoms with Gasteiger partial charge in [-0.2, -0.15) is 5.10 Å². The van der Waals surface area contributed by atoms with E-state index < -0.39 is 0 Å². The van der Waals surface area contributed by atoms with Gasteiger partial charge in [-0.1, -0.05) is 18.2 Å². The Hall–Kier alpha value is -2.36. The lowest BCUT2D eigenvalue weighted by molar-refractivity contribution is 0.0954. The van der Waals surface area contributed by atoms with Crippen molar-refractivity contribution in [1.29, 1.82) is 0 Å². The van der Waals surface area contributed by atoms with Crippen molar-refractivity contribution in [3.63, 3.8) is 0 Å². The third-order valence-electron chi connectivity index (χ3n) is 4.19. The van der Waals surface area contributed by atoms with E-state index in [0.29, 0.717) is 5.56 Å². The minimum absolute atomic E-state index is 0.130. The molecule has 0 aliphatic heterocycles. The first-order valence-electron chi connectivity index (χ1n) is 7.77. The molecule has 4 nitrogen and oxygen atoms in total. The van der Waals surface area contributed by atoms with Crippen LogP contribution in [0.15, 0.2) is 41.5 Å². The van der Waals surface area contributed by atoms with Crippen molar-refractivity contribution in [2.45, 2.75) is 39.5 Å². The maximum atomic E-state index is 12.4. The van der Waals surface area contributed by atoms with E-state index in [4.69, 9.17) is 0 Å². The van der Waals surface area contributed by atoms with Gasteiger partial charge in [0, 0.05) is 22.8 Å². The van der Waals surface area contributed by atoms with Crippen molar-refractivity contribution >= 4 is 11.6 Å². The van der Waals surface area contributed by atoms with E-state index in [1.54, 1.807) is 0 Å². The van der Waals surface area contributed by atoms with Gasteiger partial charge in [0.2, 0.25) is 0 Å². The van der Waals surface area contributed by atoms with Crippen LogP contribution in [0.2, 0.25) is 0 Å². The number of rotatable bonds is 3. The van der Waals surface area contributed by atoms with Crippen molar-refractivity contribution in [2.75, 3.05) is 0 Å². The lowest BCUT2D eigenvalue weighted by atomic mass is 10.2. The molecule has 1 N–H and O–H groups in total. The van der Waals surface area contributed by atoms with Gasteiger partial charge in [0.25, 0.3) is 5.91 Å². The molecule has 1 aromatic carbocycles. The van der Waals surface area contributed by atoms with Crippen LogP contribution in [0.1, 0.15) is 47.4 Å². The number of carbonyl (C=O) groups is 1. The Balaban J connectivity index is 1.86. The summed E-state index contributed by atoms with van der Waals surface area (Å²) in [5, 5.41) is 4.26. The average molecular weight is 295 g/mol. The number of hydrogen-bond acceptors (Lipinski definition) is 2. The van der Waals surface area contributed by atoms with E-state index in [-0.39, 0.29) is 5.91 Å². The second-order valence-electron chi connectivity index (χ2n) is 5.78. The quantitative estimate of drug-likeness (QED) is 0.861. The summed E-state index contributed by atoms with van der Waals surface area (Å²) >= 11 is 0. The average Bonchev–Trinajstić information content (AvgIpc) is 3.14. The van der Waals surface area contributed by atoms with Crippen LogP contribution in [0.3, 0.4) is 0 Å². The molecule has 0 radical (unpaired) electrons. The predicted octanol–water partition coefficient (Wildman–Crippen LogP) is 3.75. The molecule has 0 atom stereocenters. The van der Waals surface area contributed by atoms with Crippen LogP contribution in [0.5, 0.6) is 0 Å². The Labute approximate surface area is 130 Å². The smallest absolute Gasteiger partial charge is 0.273 e. The van der Waals surface area contributed by atoms with Gasteiger partial charge in [-0.3, -0.25) is 4.79 Å². The summed E-state index contributed by atoms with van der Waals surface area (Å²) in [6, 6.07) is 12.0. The molecule has 0 spiro atoms. The molecular formula is C18H21N3O. The second kappa shape index (κ2) is 6.18. The monoisotopic (exact) mass is 295 g/mol. The molecule has 22 heavy (non-hydrogen) atoms. The number of amides is 1. The highest BCUT2D eigenvalue weighted by Crippen LogP contribution is 2.21. The number of nitrogens with zero attached hydrogens (tertiary/aromatic N) is 2. The minimum atomic E-state index is -0.130. The van der Waals surface area contributed by atoms with Gasteiger partial charge < -0.3 is 4.57 Å². The molecule has 0 bridgehead atoms. The van der Waals surface area contributed by atoms with Gasteiger partial charge in [-0.25, -0.2) is 5.43 Å². The Morgan fingerprint density at radius 1 is 1.14 bits per heavy atom. The fourth-order valence-electron chi connectivity index (χ4n) is 3.05. The second-order valence-corrected chi connectivity index (χ2v) is 5.78. The fraction of sp³-hybridized carbons (Fsp3) is 0.333. The zero-order valence-corrected chi connectivity index (χ0v) is 13.1. The van der Waals surface area contributed by atoms with E-state index in [1.165, 1.54) is 12.8 Å². The topological polar surface area (TPSA) is 46.4 Å². The largest absolute Gasteiger partial charge is 0.318 e. The number of hydrazone groups is 1. The van der Waals surface area contributed by atoms with Crippen LogP contribution in [0, 0.1) is 13.8 Å². The highest BCUT2D eigenvalue weighted by molar-refractivity contribution is 5.97. The zero-order chi connectivity index (χ0) is 15.5. The molecule has 114 valence electrons. The summed E-state index contributed by atoms with van der Waals surface area (Å²) in [6.07, 6.45) is 4.36. The number of aryl methyl sites for hydroxylation is 1. The summed E-state index contributed by atoms with van der Waals surface area (Å²) in [6.45, 7) is 3.98. The summed E-state index contributed by atoms with van der Waals surface area (Å²) in [5.41, 5.74) is 7.55. The van der Waals surface area contributed by atoms with E-state index in [2.05, 4.69) is 15.1 Å². The van der Waals surface area contributed by atoms with Gasteiger partial charge >= 0.3 is 0 Å². The lowest BCUT2D eigenvalue weighted by Crippen LogP contribution is -2.19. The number of hydrogen-bond donors (Lipinski definition) is 1. The van der Waals surface area contributed by atoms with Gasteiger partial charge in [0.05, 0.1) is 5.56 Å². The molecule has 0 saturated heterocycles. The molecule has 2 aromatic rings. The number of para-hydroxylation sites is 1. The maximum Gasteiger partial charge on any atom is 0.273 e. The van der Waals surface area contributed by atoms with E-state index in [0.717, 1.165) is 35.6 Å². The number of nitrogens with one attached hydrogen (secondary N) is 1. The van der Waals surface area contributed by atoms with Gasteiger partial charge in [0.15, 0.2) is 0 Å². The molecule has 1 saturated carbocycles. The molecule has 1 amide bonds. The van der Waals surface area contributed by atoms with Crippen LogP contribution >= 0.6 is 0 Å². The first-order valence-corrected chi connectivity index (χ1v) is 7.77. The van der Waals surface area contributed by atoms with Gasteiger partial charge in [0.1, 0.15) is 0 Å². The Kier molecular flexibility index (Phi) is 4.09. The van der Waals surface area contributed by atoms with Crippen LogP contribution in [-0.4, -0.2) is 16.2 Å². The van der Waals surface area contributed by atoms with Crippen LogP contribution in [0.25, 0.3) is 5.69 Å². The lowest BCUT2D eigenvalue weighted by Gasteiger charge is -2.09. The Bertz CT molecular complexity index is 705. The summed E-state index contributed by atoms with van der Waals surface area (Å²) in [5.74, 6) is -0.130. The standard InChI is InChI=1S/C18H21N3O/c1-13-12-17(18(22)20-19-15-8-6-7-9-15)14(2)21(13)16-10-4-3-5-11-16/h3-5,10-12H,6-9H2,1-2H3,(H,20,22). The molecule has 0 unspecified atom stereocenters. The molecule has 1 aromatic heterocycles. The highest BCUT2D eigenvalue weighted by atomic mass is 16.2. The van der Waals surface area contributed by atoms with Gasteiger partial charge in [-0.05, 0) is 57.7 Å². The summed E-state index contributed by atoms with van der Waals surface area (Å²) < 4.78 is 2.09. The molecule has 4 heteroatoms. The Morgan fingerprint density at radius 2 is 1.82 bits per heavy atom. The fourth-order valence-corrected chi connectivity index (χ4v) is 3.05. The van der Waals surface area contributed by atoms with Crippen LogP contribution in [0.4, 0.5) is 0 Å². The number of carbonyl (C=O) groups excluding carboxylic acids is 1. The van der Waals surface area contributed by atoms with Crippen molar-refractivity contribution in [2.24, 2.45) is 5.10 Å². The van der Waals surface area contributed by atoms with Crippen LogP contribution in [-0.2, 0) is 0 Å². The van der Waals surface area contributed by atoms with E-state index in [1.807, 2.05) is 50.2 Å². The highest BCUT2D eigenvalue weighted by Gasteiger charge is 2.17. The third kappa shape index (κ3) is 2.82. The molecule has 1 fully saturated rings. The molecule has 1 aliphatic rings. The maximum absolute atomic E-state index is 12.4. The molecule has 1 heterocycles. The van der Waals surface area contributed by atoms with E-state index in [9.17, 15) is 4.79 Å². The van der Waals surface area contributed by atoms with Crippen molar-refractivity contribution in [3.05, 3.63) is 53.3 Å². The van der Waals surface area contributed by atoms with E-state index >= 15 is 0 Å². The normalized spacial score (nSPS) is 14.2.